The average Bonchev–Trinajstić information content (AvgIpc) is 2.62. The van der Waals surface area contributed by atoms with Crippen LogP contribution in [0.3, 0.4) is 0 Å². The predicted octanol–water partition coefficient (Wildman–Crippen LogP) is -3.16. The molecule has 14 nitrogen and oxygen atoms in total. The number of carbonyl (C=O) groups is 6. The van der Waals surface area contributed by atoms with E-state index in [1.807, 2.05) is 10.6 Å². The Kier molecular flexibility index (Phi) is 11.7. The average molecular weight is 448 g/mol. The molecule has 0 saturated heterocycles. The van der Waals surface area contributed by atoms with Crippen molar-refractivity contribution in [3.05, 3.63) is 0 Å². The smallest absolute Gasteiger partial charge is 0.328 e. The second-order valence-electron chi connectivity index (χ2n) is 7.14. The van der Waals surface area contributed by atoms with Crippen LogP contribution in [0.15, 0.2) is 0 Å². The minimum atomic E-state index is -1.81. The van der Waals surface area contributed by atoms with Crippen molar-refractivity contribution in [3.63, 3.8) is 0 Å². The normalized spacial score (nSPS) is 14.6. The van der Waals surface area contributed by atoms with E-state index in [0.717, 1.165) is 0 Å². The molecule has 9 N–H and O–H groups in total. The fourth-order valence-corrected chi connectivity index (χ4v) is 2.39. The van der Waals surface area contributed by atoms with E-state index >= 15 is 0 Å². The Labute approximate surface area is 177 Å². The molecule has 0 rings (SSSR count). The van der Waals surface area contributed by atoms with Gasteiger partial charge in [-0.05, 0) is 12.3 Å². The van der Waals surface area contributed by atoms with Crippen molar-refractivity contribution in [1.82, 2.24) is 16.0 Å². The molecule has 0 saturated carbocycles. The van der Waals surface area contributed by atoms with Crippen molar-refractivity contribution >= 4 is 35.6 Å². The molecule has 0 bridgehead atoms. The van der Waals surface area contributed by atoms with Crippen LogP contribution in [0.25, 0.3) is 0 Å². The Balaban J connectivity index is 5.45. The van der Waals surface area contributed by atoms with E-state index in [0.29, 0.717) is 0 Å². The molecule has 0 spiro atoms. The van der Waals surface area contributed by atoms with Crippen molar-refractivity contribution in [1.29, 1.82) is 0 Å². The highest BCUT2D eigenvalue weighted by atomic mass is 16.4. The summed E-state index contributed by atoms with van der Waals surface area (Å²) in [6.45, 7) is 2.58. The van der Waals surface area contributed by atoms with Crippen LogP contribution in [0.5, 0.6) is 0 Å². The first-order valence-electron chi connectivity index (χ1n) is 9.22. The Hall–Kier alpha value is -3.26. The van der Waals surface area contributed by atoms with Crippen LogP contribution in [0, 0.1) is 5.92 Å². The maximum absolute atomic E-state index is 12.5. The molecule has 0 aromatic carbocycles. The van der Waals surface area contributed by atoms with Crippen LogP contribution in [-0.4, -0.2) is 86.8 Å². The summed E-state index contributed by atoms with van der Waals surface area (Å²) in [5, 5.41) is 41.8. The fourth-order valence-electron chi connectivity index (χ4n) is 2.39. The summed E-state index contributed by atoms with van der Waals surface area (Å²) in [5.41, 5.74) is 5.70. The van der Waals surface area contributed by atoms with Gasteiger partial charge in [0.05, 0.1) is 25.5 Å². The number of carbonyl (C=O) groups excluding carboxylic acids is 3. The maximum Gasteiger partial charge on any atom is 0.328 e. The highest BCUT2D eigenvalue weighted by molar-refractivity contribution is 5.96. The van der Waals surface area contributed by atoms with Gasteiger partial charge in [-0.2, -0.15) is 0 Å². The third-order valence-electron chi connectivity index (χ3n) is 3.88. The van der Waals surface area contributed by atoms with Crippen LogP contribution in [0.2, 0.25) is 0 Å². The zero-order valence-corrected chi connectivity index (χ0v) is 17.0. The number of hydrogen-bond acceptors (Lipinski definition) is 8. The van der Waals surface area contributed by atoms with Crippen LogP contribution in [0.1, 0.15) is 33.1 Å². The summed E-state index contributed by atoms with van der Waals surface area (Å²) in [5.74, 6) is -7.83. The van der Waals surface area contributed by atoms with Crippen molar-refractivity contribution < 1.29 is 49.2 Å². The summed E-state index contributed by atoms with van der Waals surface area (Å²) >= 11 is 0. The minimum absolute atomic E-state index is 0.0323. The lowest BCUT2D eigenvalue weighted by Gasteiger charge is -2.23. The monoisotopic (exact) mass is 448 g/mol. The SMILES string of the molecule is CC(C)CC(N)C(=O)NC(CC(=O)O)C(=O)NC(CC(=O)O)C(=O)NC(CO)C(=O)O. The number of carboxylic acid groups (broad SMARTS) is 3. The van der Waals surface area contributed by atoms with Gasteiger partial charge in [-0.3, -0.25) is 24.0 Å². The molecular weight excluding hydrogens is 420 g/mol. The molecule has 31 heavy (non-hydrogen) atoms. The predicted molar refractivity (Wildman–Crippen MR) is 102 cm³/mol. The van der Waals surface area contributed by atoms with Gasteiger partial charge in [-0.25, -0.2) is 4.79 Å². The molecule has 0 heterocycles. The van der Waals surface area contributed by atoms with Crippen LogP contribution in [-0.2, 0) is 28.8 Å². The lowest BCUT2D eigenvalue weighted by atomic mass is 10.0. The number of aliphatic hydroxyl groups excluding tert-OH is 1. The zero-order valence-electron chi connectivity index (χ0n) is 17.0. The number of amides is 3. The number of aliphatic carboxylic acids is 3. The van der Waals surface area contributed by atoms with Gasteiger partial charge in [0.1, 0.15) is 18.1 Å². The Bertz CT molecular complexity index is 696. The van der Waals surface area contributed by atoms with E-state index in [9.17, 15) is 28.8 Å². The molecular formula is C17H28N4O10. The van der Waals surface area contributed by atoms with Gasteiger partial charge in [-0.1, -0.05) is 13.8 Å². The Morgan fingerprint density at radius 2 is 1.13 bits per heavy atom. The molecule has 0 radical (unpaired) electrons. The largest absolute Gasteiger partial charge is 0.481 e. The number of hydrogen-bond donors (Lipinski definition) is 8. The van der Waals surface area contributed by atoms with Crippen LogP contribution < -0.4 is 21.7 Å². The van der Waals surface area contributed by atoms with Gasteiger partial charge in [0, 0.05) is 0 Å². The minimum Gasteiger partial charge on any atom is -0.481 e. The second-order valence-corrected chi connectivity index (χ2v) is 7.14. The number of nitrogens with two attached hydrogens (primary N) is 1. The summed E-state index contributed by atoms with van der Waals surface area (Å²) in [7, 11) is 0. The van der Waals surface area contributed by atoms with E-state index in [1.165, 1.54) is 0 Å². The fraction of sp³-hybridized carbons (Fsp3) is 0.647. The molecule has 3 amide bonds. The lowest BCUT2D eigenvalue weighted by Crippen LogP contribution is -2.58. The Morgan fingerprint density at radius 3 is 1.45 bits per heavy atom. The molecule has 0 aliphatic rings. The molecule has 0 aliphatic carbocycles. The molecule has 14 heteroatoms. The van der Waals surface area contributed by atoms with Crippen LogP contribution in [0.4, 0.5) is 0 Å². The topological polar surface area (TPSA) is 245 Å². The summed E-state index contributed by atoms with van der Waals surface area (Å²) in [6, 6.07) is -6.29. The highest BCUT2D eigenvalue weighted by Crippen LogP contribution is 2.05. The lowest BCUT2D eigenvalue weighted by molar-refractivity contribution is -0.145. The molecule has 0 aromatic rings. The van der Waals surface area contributed by atoms with E-state index in [4.69, 9.17) is 26.2 Å². The van der Waals surface area contributed by atoms with Gasteiger partial charge in [0.2, 0.25) is 17.7 Å². The van der Waals surface area contributed by atoms with Crippen molar-refractivity contribution in [2.45, 2.75) is 57.3 Å². The van der Waals surface area contributed by atoms with Crippen LogP contribution >= 0.6 is 0 Å². The van der Waals surface area contributed by atoms with Gasteiger partial charge in [0.15, 0.2) is 0 Å². The molecule has 0 aliphatic heterocycles. The van der Waals surface area contributed by atoms with Gasteiger partial charge >= 0.3 is 17.9 Å². The molecule has 4 unspecified atom stereocenters. The molecule has 176 valence electrons. The quantitative estimate of drug-likeness (QED) is 0.132. The second kappa shape index (κ2) is 13.1. The summed E-state index contributed by atoms with van der Waals surface area (Å²) in [6.07, 6.45) is -1.62. The Morgan fingerprint density at radius 1 is 0.742 bits per heavy atom. The first kappa shape index (κ1) is 27.7. The third kappa shape index (κ3) is 10.9. The first-order valence-corrected chi connectivity index (χ1v) is 9.22. The number of aliphatic hydroxyl groups is 1. The first-order chi connectivity index (χ1) is 14.3. The van der Waals surface area contributed by atoms with E-state index < -0.39 is 79.2 Å². The van der Waals surface area contributed by atoms with Gasteiger partial charge in [-0.15, -0.1) is 0 Å². The highest BCUT2D eigenvalue weighted by Gasteiger charge is 2.32. The van der Waals surface area contributed by atoms with E-state index in [-0.39, 0.29) is 12.3 Å². The number of nitrogens with one attached hydrogen (secondary N) is 3. The van der Waals surface area contributed by atoms with E-state index in [2.05, 4.69) is 5.32 Å². The maximum atomic E-state index is 12.5. The van der Waals surface area contributed by atoms with E-state index in [1.54, 1.807) is 13.8 Å². The molecule has 0 fully saturated rings. The molecule has 0 aromatic heterocycles. The summed E-state index contributed by atoms with van der Waals surface area (Å²) in [4.78, 5) is 69.8. The van der Waals surface area contributed by atoms with Crippen molar-refractivity contribution in [3.8, 4) is 0 Å². The number of carboxylic acids is 3. The third-order valence-corrected chi connectivity index (χ3v) is 3.88. The van der Waals surface area contributed by atoms with Crippen molar-refractivity contribution in [2.75, 3.05) is 6.61 Å². The van der Waals surface area contributed by atoms with Gasteiger partial charge < -0.3 is 42.1 Å². The van der Waals surface area contributed by atoms with Crippen molar-refractivity contribution in [2.24, 2.45) is 11.7 Å². The standard InChI is InChI=1S/C17H28N4O10/c1-7(2)3-8(18)14(27)19-9(4-12(23)24)15(28)20-10(5-13(25)26)16(29)21-11(6-22)17(30)31/h7-11,22H,3-6,18H2,1-2H3,(H,19,27)(H,20,28)(H,21,29)(H,23,24)(H,25,26)(H,30,31). The van der Waals surface area contributed by atoms with Gasteiger partial charge in [0.25, 0.3) is 0 Å². The number of rotatable bonds is 14. The molecule has 4 atom stereocenters. The zero-order chi connectivity index (χ0) is 24.3. The summed E-state index contributed by atoms with van der Waals surface area (Å²) < 4.78 is 0.